The first-order chi connectivity index (χ1) is 9.63. The highest BCUT2D eigenvalue weighted by atomic mass is 32.1. The van der Waals surface area contributed by atoms with E-state index in [0.717, 1.165) is 18.7 Å². The fraction of sp³-hybridized carbons (Fsp3) is 0.467. The molecule has 0 bridgehead atoms. The summed E-state index contributed by atoms with van der Waals surface area (Å²) < 4.78 is 5.53. The zero-order valence-corrected chi connectivity index (χ0v) is 12.7. The van der Waals surface area contributed by atoms with E-state index >= 15 is 0 Å². The molecule has 1 amide bonds. The Morgan fingerprint density at radius 3 is 2.55 bits per heavy atom. The normalized spacial score (nSPS) is 10.1. The Kier molecular flexibility index (Phi) is 7.65. The van der Waals surface area contributed by atoms with Gasteiger partial charge in [-0.2, -0.15) is 0 Å². The summed E-state index contributed by atoms with van der Waals surface area (Å²) in [6.45, 7) is 3.75. The van der Waals surface area contributed by atoms with Crippen molar-refractivity contribution in [1.29, 1.82) is 0 Å². The van der Waals surface area contributed by atoms with E-state index in [1.54, 1.807) is 4.90 Å². The Labute approximate surface area is 125 Å². The van der Waals surface area contributed by atoms with E-state index < -0.39 is 0 Å². The van der Waals surface area contributed by atoms with Gasteiger partial charge in [0.2, 0.25) is 5.91 Å². The molecule has 20 heavy (non-hydrogen) atoms. The second kappa shape index (κ2) is 9.31. The number of nitrogens with zero attached hydrogens (tertiary/aromatic N) is 1. The van der Waals surface area contributed by atoms with Crippen LogP contribution in [0, 0.1) is 0 Å². The summed E-state index contributed by atoms with van der Waals surface area (Å²) in [6, 6.07) is 9.49. The lowest BCUT2D eigenvalue weighted by Crippen LogP contribution is -2.35. The summed E-state index contributed by atoms with van der Waals surface area (Å²) >= 11 is 4.85. The molecule has 0 heterocycles. The molecule has 2 N–H and O–H groups in total. The van der Waals surface area contributed by atoms with Crippen LogP contribution >= 0.6 is 12.2 Å². The number of para-hydroxylation sites is 1. The molecule has 0 spiro atoms. The number of carbonyl (C=O) groups is 1. The first-order valence-electron chi connectivity index (χ1n) is 6.87. The molecule has 0 aliphatic heterocycles. The van der Waals surface area contributed by atoms with Gasteiger partial charge >= 0.3 is 0 Å². The van der Waals surface area contributed by atoms with Crippen molar-refractivity contribution in [3.63, 3.8) is 0 Å². The molecule has 0 aliphatic rings. The number of nitrogens with two attached hydrogens (primary N) is 1. The maximum atomic E-state index is 12.1. The molecule has 0 saturated heterocycles. The van der Waals surface area contributed by atoms with Crippen LogP contribution in [0.4, 0.5) is 0 Å². The Morgan fingerprint density at radius 1 is 1.25 bits per heavy atom. The van der Waals surface area contributed by atoms with Crippen molar-refractivity contribution in [3.8, 4) is 5.75 Å². The predicted octanol–water partition coefficient (Wildman–Crippen LogP) is 2.37. The lowest BCUT2D eigenvalue weighted by atomic mass is 10.3. The van der Waals surface area contributed by atoms with Gasteiger partial charge in [0.1, 0.15) is 5.75 Å². The molecular weight excluding hydrogens is 272 g/mol. The number of thiocarbonyl (C=S) groups is 1. The third-order valence-electron chi connectivity index (χ3n) is 2.80. The lowest BCUT2D eigenvalue weighted by Gasteiger charge is -2.22. The summed E-state index contributed by atoms with van der Waals surface area (Å²) in [7, 11) is 0. The molecule has 5 heteroatoms. The minimum Gasteiger partial charge on any atom is -0.493 e. The summed E-state index contributed by atoms with van der Waals surface area (Å²) in [5.41, 5.74) is 5.48. The van der Waals surface area contributed by atoms with E-state index in [1.807, 2.05) is 37.3 Å². The van der Waals surface area contributed by atoms with Crippen molar-refractivity contribution >= 4 is 23.1 Å². The minimum absolute atomic E-state index is 0.0824. The summed E-state index contributed by atoms with van der Waals surface area (Å²) in [4.78, 5) is 14.3. The molecule has 110 valence electrons. The Bertz CT molecular complexity index is 423. The van der Waals surface area contributed by atoms with Crippen molar-refractivity contribution in [2.75, 3.05) is 19.7 Å². The molecule has 0 atom stereocenters. The Hall–Kier alpha value is -1.62. The fourth-order valence-corrected chi connectivity index (χ4v) is 1.90. The SMILES string of the molecule is CCCN(CCC(N)=S)C(=O)CCOc1ccccc1. The Balaban J connectivity index is 2.35. The van der Waals surface area contributed by atoms with Crippen LogP contribution in [-0.2, 0) is 4.79 Å². The molecule has 1 aromatic rings. The lowest BCUT2D eigenvalue weighted by molar-refractivity contribution is -0.131. The van der Waals surface area contributed by atoms with Gasteiger partial charge in [0.05, 0.1) is 18.0 Å². The van der Waals surface area contributed by atoms with Crippen molar-refractivity contribution < 1.29 is 9.53 Å². The van der Waals surface area contributed by atoms with E-state index in [-0.39, 0.29) is 5.91 Å². The van der Waals surface area contributed by atoms with Crippen molar-refractivity contribution in [1.82, 2.24) is 4.90 Å². The highest BCUT2D eigenvalue weighted by Gasteiger charge is 2.12. The molecule has 0 fully saturated rings. The first-order valence-corrected chi connectivity index (χ1v) is 7.28. The monoisotopic (exact) mass is 294 g/mol. The van der Waals surface area contributed by atoms with E-state index in [0.29, 0.717) is 31.0 Å². The fourth-order valence-electron chi connectivity index (χ4n) is 1.81. The van der Waals surface area contributed by atoms with Crippen molar-refractivity contribution in [2.45, 2.75) is 26.2 Å². The van der Waals surface area contributed by atoms with Crippen molar-refractivity contribution in [2.24, 2.45) is 5.73 Å². The summed E-state index contributed by atoms with van der Waals surface area (Å²) in [5.74, 6) is 0.865. The second-order valence-electron chi connectivity index (χ2n) is 4.51. The maximum absolute atomic E-state index is 12.1. The number of ether oxygens (including phenoxy) is 1. The van der Waals surface area contributed by atoms with Gasteiger partial charge in [-0.15, -0.1) is 0 Å². The number of hydrogen-bond acceptors (Lipinski definition) is 3. The quantitative estimate of drug-likeness (QED) is 0.710. The van der Waals surface area contributed by atoms with Gasteiger partial charge in [0.25, 0.3) is 0 Å². The molecule has 0 aliphatic carbocycles. The third kappa shape index (κ3) is 6.52. The zero-order valence-electron chi connectivity index (χ0n) is 11.9. The highest BCUT2D eigenvalue weighted by Crippen LogP contribution is 2.09. The molecule has 0 saturated carbocycles. The molecule has 4 nitrogen and oxygen atoms in total. The van der Waals surface area contributed by atoms with Gasteiger partial charge in [0.15, 0.2) is 0 Å². The van der Waals surface area contributed by atoms with Crippen LogP contribution in [0.1, 0.15) is 26.2 Å². The Morgan fingerprint density at radius 2 is 1.95 bits per heavy atom. The van der Waals surface area contributed by atoms with Gasteiger partial charge in [-0.3, -0.25) is 4.79 Å². The number of amides is 1. The van der Waals surface area contributed by atoms with E-state index in [9.17, 15) is 4.79 Å². The maximum Gasteiger partial charge on any atom is 0.226 e. The molecular formula is C15H22N2O2S. The molecule has 1 aromatic carbocycles. The van der Waals surface area contributed by atoms with Crippen LogP contribution in [0.15, 0.2) is 30.3 Å². The van der Waals surface area contributed by atoms with E-state index in [4.69, 9.17) is 22.7 Å². The topological polar surface area (TPSA) is 55.6 Å². The standard InChI is InChI=1S/C15H22N2O2S/c1-2-10-17(11-8-14(16)20)15(18)9-12-19-13-6-4-3-5-7-13/h3-7H,2,8-12H2,1H3,(H2,16,20). The number of hydrogen-bond donors (Lipinski definition) is 1. The van der Waals surface area contributed by atoms with Gasteiger partial charge < -0.3 is 15.4 Å². The molecule has 0 unspecified atom stereocenters. The number of rotatable bonds is 9. The molecule has 0 radical (unpaired) electrons. The highest BCUT2D eigenvalue weighted by molar-refractivity contribution is 7.80. The summed E-state index contributed by atoms with van der Waals surface area (Å²) in [6.07, 6.45) is 1.86. The van der Waals surface area contributed by atoms with Gasteiger partial charge in [-0.25, -0.2) is 0 Å². The van der Waals surface area contributed by atoms with Crippen LogP contribution in [0.3, 0.4) is 0 Å². The zero-order chi connectivity index (χ0) is 14.8. The number of carbonyl (C=O) groups excluding carboxylic acids is 1. The van der Waals surface area contributed by atoms with Crippen LogP contribution in [0.2, 0.25) is 0 Å². The largest absolute Gasteiger partial charge is 0.493 e. The van der Waals surface area contributed by atoms with Crippen LogP contribution < -0.4 is 10.5 Å². The number of benzene rings is 1. The smallest absolute Gasteiger partial charge is 0.226 e. The van der Waals surface area contributed by atoms with E-state index in [1.165, 1.54) is 0 Å². The average Bonchev–Trinajstić information content (AvgIpc) is 2.44. The minimum atomic E-state index is 0.0824. The van der Waals surface area contributed by atoms with Crippen LogP contribution in [0.25, 0.3) is 0 Å². The molecule has 1 rings (SSSR count). The van der Waals surface area contributed by atoms with Gasteiger partial charge in [-0.1, -0.05) is 37.3 Å². The van der Waals surface area contributed by atoms with E-state index in [2.05, 4.69) is 0 Å². The predicted molar refractivity (Wildman–Crippen MR) is 84.8 cm³/mol. The van der Waals surface area contributed by atoms with Crippen molar-refractivity contribution in [3.05, 3.63) is 30.3 Å². The second-order valence-corrected chi connectivity index (χ2v) is 5.03. The van der Waals surface area contributed by atoms with Gasteiger partial charge in [0, 0.05) is 19.5 Å². The van der Waals surface area contributed by atoms with Gasteiger partial charge in [-0.05, 0) is 18.6 Å². The average molecular weight is 294 g/mol. The summed E-state index contributed by atoms with van der Waals surface area (Å²) in [5, 5.41) is 0. The molecule has 0 aromatic heterocycles. The third-order valence-corrected chi connectivity index (χ3v) is 3.01. The van der Waals surface area contributed by atoms with Crippen LogP contribution in [-0.4, -0.2) is 35.5 Å². The van der Waals surface area contributed by atoms with Crippen LogP contribution in [0.5, 0.6) is 5.75 Å². The first kappa shape index (κ1) is 16.4.